The van der Waals surface area contributed by atoms with Crippen LogP contribution in [0.3, 0.4) is 0 Å². The summed E-state index contributed by atoms with van der Waals surface area (Å²) >= 11 is 0. The molecule has 0 spiro atoms. The van der Waals surface area contributed by atoms with Crippen molar-refractivity contribution in [2.75, 3.05) is 31.6 Å². The van der Waals surface area contributed by atoms with Crippen LogP contribution in [-0.4, -0.2) is 61.8 Å². The highest BCUT2D eigenvalue weighted by atomic mass is 32.2. The molecule has 0 aromatic heterocycles. The zero-order chi connectivity index (χ0) is 17.9. The average Bonchev–Trinajstić information content (AvgIpc) is 2.82. The number of benzene rings is 1. The lowest BCUT2D eigenvalue weighted by Gasteiger charge is -2.29. The molecule has 134 valence electrons. The number of halogens is 2. The van der Waals surface area contributed by atoms with Gasteiger partial charge in [0.15, 0.2) is 9.84 Å². The number of amides is 1. The van der Waals surface area contributed by atoms with E-state index in [-0.39, 0.29) is 36.5 Å². The molecule has 1 aromatic carbocycles. The number of carbonyl (C=O) groups is 1. The zero-order valence-corrected chi connectivity index (χ0v) is 14.7. The first-order valence-corrected chi connectivity index (χ1v) is 9.66. The topological polar surface area (TPSA) is 57.7 Å². The monoisotopic (exact) mass is 360 g/mol. The summed E-state index contributed by atoms with van der Waals surface area (Å²) in [5.74, 6) is -1.37. The van der Waals surface area contributed by atoms with Gasteiger partial charge in [-0.1, -0.05) is 6.07 Å². The van der Waals surface area contributed by atoms with Gasteiger partial charge >= 0.3 is 0 Å². The maximum Gasteiger partial charge on any atom is 0.237 e. The van der Waals surface area contributed by atoms with E-state index < -0.39 is 21.5 Å². The molecule has 1 heterocycles. The quantitative estimate of drug-likeness (QED) is 0.770. The van der Waals surface area contributed by atoms with E-state index in [1.54, 1.807) is 16.8 Å². The van der Waals surface area contributed by atoms with Crippen LogP contribution in [-0.2, 0) is 21.2 Å². The summed E-state index contributed by atoms with van der Waals surface area (Å²) in [5.41, 5.74) is 0.304. The highest BCUT2D eigenvalue weighted by molar-refractivity contribution is 7.91. The molecule has 8 heteroatoms. The van der Waals surface area contributed by atoms with Crippen LogP contribution < -0.4 is 0 Å². The molecule has 1 aromatic rings. The summed E-state index contributed by atoms with van der Waals surface area (Å²) in [7, 11) is -1.40. The molecule has 1 aliphatic rings. The molecule has 5 nitrogen and oxygen atoms in total. The van der Waals surface area contributed by atoms with Crippen molar-refractivity contribution in [2.24, 2.45) is 0 Å². The lowest BCUT2D eigenvalue weighted by Crippen LogP contribution is -2.45. The maximum atomic E-state index is 13.7. The van der Waals surface area contributed by atoms with Gasteiger partial charge < -0.3 is 4.90 Å². The van der Waals surface area contributed by atoms with Gasteiger partial charge in [-0.2, -0.15) is 0 Å². The Morgan fingerprint density at radius 1 is 1.33 bits per heavy atom. The van der Waals surface area contributed by atoms with E-state index in [0.29, 0.717) is 18.5 Å². The molecule has 1 fully saturated rings. The van der Waals surface area contributed by atoms with Crippen LogP contribution in [0.4, 0.5) is 8.78 Å². The van der Waals surface area contributed by atoms with Gasteiger partial charge in [-0.15, -0.1) is 0 Å². The summed E-state index contributed by atoms with van der Waals surface area (Å²) in [4.78, 5) is 15.6. The van der Waals surface area contributed by atoms with Crippen molar-refractivity contribution >= 4 is 15.7 Å². The second kappa shape index (κ2) is 7.57. The van der Waals surface area contributed by atoms with Crippen LogP contribution in [0.1, 0.15) is 18.9 Å². The van der Waals surface area contributed by atoms with Gasteiger partial charge in [0, 0.05) is 30.8 Å². The largest absolute Gasteiger partial charge is 0.338 e. The van der Waals surface area contributed by atoms with E-state index in [0.717, 1.165) is 6.07 Å². The summed E-state index contributed by atoms with van der Waals surface area (Å²) in [6, 6.07) is 3.05. The number of rotatable bonds is 6. The Morgan fingerprint density at radius 2 is 2.04 bits per heavy atom. The Morgan fingerprint density at radius 3 is 2.58 bits per heavy atom. The van der Waals surface area contributed by atoms with E-state index in [1.807, 2.05) is 6.92 Å². The van der Waals surface area contributed by atoms with Crippen molar-refractivity contribution in [3.63, 3.8) is 0 Å². The highest BCUT2D eigenvalue weighted by Crippen LogP contribution is 2.18. The predicted octanol–water partition coefficient (Wildman–Crippen LogP) is 1.43. The smallest absolute Gasteiger partial charge is 0.237 e. The average molecular weight is 360 g/mol. The molecule has 24 heavy (non-hydrogen) atoms. The van der Waals surface area contributed by atoms with Crippen LogP contribution in [0, 0.1) is 11.6 Å². The Bertz CT molecular complexity index is 709. The standard InChI is InChI=1S/C16H22F2N2O3S/c1-3-20(14-6-7-24(22,23)11-14)16(21)10-19(2)9-12-4-5-13(17)8-15(12)18/h4-5,8,14H,3,6-7,9-11H2,1-2H3. The minimum atomic E-state index is -3.06. The molecule has 1 atom stereocenters. The molecule has 0 N–H and O–H groups in total. The number of carbonyl (C=O) groups excluding carboxylic acids is 1. The minimum absolute atomic E-state index is 0.00286. The van der Waals surface area contributed by atoms with E-state index in [2.05, 4.69) is 0 Å². The molecule has 0 radical (unpaired) electrons. The molecule has 1 aliphatic heterocycles. The summed E-state index contributed by atoms with van der Waals surface area (Å²) < 4.78 is 49.8. The van der Waals surface area contributed by atoms with E-state index in [1.165, 1.54) is 12.1 Å². The molecule has 1 amide bonds. The Hall–Kier alpha value is -1.54. The third kappa shape index (κ3) is 4.73. The Kier molecular flexibility index (Phi) is 5.92. The highest BCUT2D eigenvalue weighted by Gasteiger charge is 2.34. The number of sulfone groups is 1. The van der Waals surface area contributed by atoms with E-state index in [4.69, 9.17) is 0 Å². The first-order chi connectivity index (χ1) is 11.2. The molecule has 2 rings (SSSR count). The molecule has 0 aliphatic carbocycles. The van der Waals surface area contributed by atoms with Crippen molar-refractivity contribution in [1.29, 1.82) is 0 Å². The summed E-state index contributed by atoms with van der Waals surface area (Å²) in [6.07, 6.45) is 0.457. The molecule has 1 saturated heterocycles. The zero-order valence-electron chi connectivity index (χ0n) is 13.8. The Balaban J connectivity index is 1.97. The van der Waals surface area contributed by atoms with Gasteiger partial charge in [-0.05, 0) is 26.5 Å². The second-order valence-corrected chi connectivity index (χ2v) is 8.37. The van der Waals surface area contributed by atoms with Crippen LogP contribution in [0.15, 0.2) is 18.2 Å². The van der Waals surface area contributed by atoms with Crippen molar-refractivity contribution in [3.8, 4) is 0 Å². The van der Waals surface area contributed by atoms with Crippen LogP contribution in [0.5, 0.6) is 0 Å². The fourth-order valence-corrected chi connectivity index (χ4v) is 4.71. The molecule has 0 bridgehead atoms. The lowest BCUT2D eigenvalue weighted by molar-refractivity contribution is -0.133. The van der Waals surface area contributed by atoms with Crippen LogP contribution in [0.2, 0.25) is 0 Å². The fourth-order valence-electron chi connectivity index (χ4n) is 2.98. The van der Waals surface area contributed by atoms with E-state index >= 15 is 0 Å². The molecule has 1 unspecified atom stereocenters. The van der Waals surface area contributed by atoms with Gasteiger partial charge in [-0.25, -0.2) is 17.2 Å². The van der Waals surface area contributed by atoms with Gasteiger partial charge in [-0.3, -0.25) is 9.69 Å². The first-order valence-electron chi connectivity index (χ1n) is 7.84. The van der Waals surface area contributed by atoms with Crippen LogP contribution >= 0.6 is 0 Å². The predicted molar refractivity (Wildman–Crippen MR) is 87.1 cm³/mol. The second-order valence-electron chi connectivity index (χ2n) is 6.14. The maximum absolute atomic E-state index is 13.7. The first kappa shape index (κ1) is 18.8. The number of hydrogen-bond donors (Lipinski definition) is 0. The lowest BCUT2D eigenvalue weighted by atomic mass is 10.2. The fraction of sp³-hybridized carbons (Fsp3) is 0.562. The van der Waals surface area contributed by atoms with Crippen LogP contribution in [0.25, 0.3) is 0 Å². The number of likely N-dealkylation sites (N-methyl/N-ethyl adjacent to an activating group) is 2. The minimum Gasteiger partial charge on any atom is -0.338 e. The van der Waals surface area contributed by atoms with E-state index in [9.17, 15) is 22.0 Å². The summed E-state index contributed by atoms with van der Waals surface area (Å²) in [6.45, 7) is 2.44. The molecular formula is C16H22F2N2O3S. The number of hydrogen-bond acceptors (Lipinski definition) is 4. The van der Waals surface area contributed by atoms with Gasteiger partial charge in [0.1, 0.15) is 11.6 Å². The molecular weight excluding hydrogens is 338 g/mol. The van der Waals surface area contributed by atoms with Crippen molar-refractivity contribution < 1.29 is 22.0 Å². The van der Waals surface area contributed by atoms with Crippen molar-refractivity contribution in [2.45, 2.75) is 25.9 Å². The third-order valence-corrected chi connectivity index (χ3v) is 5.92. The Labute approximate surface area is 141 Å². The SMILES string of the molecule is CCN(C(=O)CN(C)Cc1ccc(F)cc1F)C1CCS(=O)(=O)C1. The third-order valence-electron chi connectivity index (χ3n) is 4.17. The van der Waals surface area contributed by atoms with Crippen molar-refractivity contribution in [3.05, 3.63) is 35.4 Å². The van der Waals surface area contributed by atoms with Crippen molar-refractivity contribution in [1.82, 2.24) is 9.80 Å². The number of nitrogens with zero attached hydrogens (tertiary/aromatic N) is 2. The van der Waals surface area contributed by atoms with Gasteiger partial charge in [0.05, 0.1) is 18.1 Å². The van der Waals surface area contributed by atoms with Gasteiger partial charge in [0.2, 0.25) is 5.91 Å². The molecule has 0 saturated carbocycles. The summed E-state index contributed by atoms with van der Waals surface area (Å²) in [5, 5.41) is 0. The normalized spacial score (nSPS) is 19.6. The van der Waals surface area contributed by atoms with Gasteiger partial charge in [0.25, 0.3) is 0 Å².